The van der Waals surface area contributed by atoms with E-state index in [4.69, 9.17) is 11.0 Å². The van der Waals surface area contributed by atoms with Gasteiger partial charge in [-0.15, -0.1) is 0 Å². The fourth-order valence-electron chi connectivity index (χ4n) is 2.29. The number of carbonyl (C=O) groups is 1. The molecule has 0 saturated heterocycles. The highest BCUT2D eigenvalue weighted by Crippen LogP contribution is 2.28. The first-order valence-electron chi connectivity index (χ1n) is 7.00. The van der Waals surface area contributed by atoms with Gasteiger partial charge in [-0.1, -0.05) is 6.07 Å². The molecule has 0 bridgehead atoms. The Kier molecular flexibility index (Phi) is 3.35. The van der Waals surface area contributed by atoms with Crippen LogP contribution in [0.1, 0.15) is 28.8 Å². The summed E-state index contributed by atoms with van der Waals surface area (Å²) >= 11 is 0. The number of nitrogens with zero attached hydrogens (tertiary/aromatic N) is 3. The number of hydrogen-bond acceptors (Lipinski definition) is 5. The molecule has 108 valence electrons. The van der Waals surface area contributed by atoms with Crippen LogP contribution in [-0.2, 0) is 0 Å². The van der Waals surface area contributed by atoms with Gasteiger partial charge in [-0.2, -0.15) is 10.4 Å². The molecule has 2 unspecified atom stereocenters. The molecule has 0 spiro atoms. The van der Waals surface area contributed by atoms with E-state index in [1.54, 1.807) is 23.4 Å². The van der Waals surface area contributed by atoms with Crippen molar-refractivity contribution in [3.63, 3.8) is 0 Å². The normalized spacial score (nSPS) is 24.0. The maximum absolute atomic E-state index is 12.1. The van der Waals surface area contributed by atoms with Gasteiger partial charge in [-0.3, -0.25) is 4.79 Å². The Bertz CT molecular complexity index is 644. The van der Waals surface area contributed by atoms with Crippen molar-refractivity contribution in [3.05, 3.63) is 29.3 Å². The van der Waals surface area contributed by atoms with Gasteiger partial charge in [0.05, 0.1) is 11.8 Å². The summed E-state index contributed by atoms with van der Waals surface area (Å²) in [5.41, 5.74) is 8.34. The van der Waals surface area contributed by atoms with Crippen LogP contribution < -0.4 is 16.1 Å². The Morgan fingerprint density at radius 3 is 2.90 bits per heavy atom. The number of nitrogens with one attached hydrogen (secondary N) is 1. The van der Waals surface area contributed by atoms with Crippen molar-refractivity contribution >= 4 is 17.8 Å². The van der Waals surface area contributed by atoms with Crippen LogP contribution in [0.15, 0.2) is 23.3 Å². The lowest BCUT2D eigenvalue weighted by atomic mass is 10.1. The summed E-state index contributed by atoms with van der Waals surface area (Å²) in [6.45, 7) is 1.93. The first-order valence-corrected chi connectivity index (χ1v) is 7.00. The third kappa shape index (κ3) is 2.60. The van der Waals surface area contributed by atoms with Gasteiger partial charge >= 0.3 is 0 Å². The van der Waals surface area contributed by atoms with E-state index in [1.807, 2.05) is 13.0 Å². The van der Waals surface area contributed by atoms with Crippen molar-refractivity contribution in [1.82, 2.24) is 5.32 Å². The molecule has 1 fully saturated rings. The molecule has 1 aromatic carbocycles. The molecule has 1 aliphatic carbocycles. The minimum absolute atomic E-state index is 0.0765. The number of benzene rings is 1. The molecule has 21 heavy (non-hydrogen) atoms. The molecule has 1 saturated carbocycles. The van der Waals surface area contributed by atoms with Gasteiger partial charge in [-0.05, 0) is 37.5 Å². The zero-order chi connectivity index (χ0) is 15.0. The highest BCUT2D eigenvalue weighted by Gasteiger charge is 2.30. The van der Waals surface area contributed by atoms with E-state index in [1.165, 1.54) is 0 Å². The van der Waals surface area contributed by atoms with Crippen LogP contribution in [0.4, 0.5) is 5.69 Å². The van der Waals surface area contributed by atoms with Crippen LogP contribution in [0.25, 0.3) is 0 Å². The predicted molar refractivity (Wildman–Crippen MR) is 79.7 cm³/mol. The Balaban J connectivity index is 1.86. The number of nitrogens with two attached hydrogens (primary N) is 1. The fraction of sp³-hybridized carbons (Fsp3) is 0.400. The van der Waals surface area contributed by atoms with E-state index in [0.717, 1.165) is 24.1 Å². The highest BCUT2D eigenvalue weighted by atomic mass is 16.1. The molecule has 3 rings (SSSR count). The second kappa shape index (κ2) is 5.19. The SMILES string of the molecule is Cc1ccc(C(=O)NC2CC2)cc1N1N=CC(C#N)C1N. The van der Waals surface area contributed by atoms with E-state index in [9.17, 15) is 4.79 Å². The van der Waals surface area contributed by atoms with Crippen LogP contribution in [0.2, 0.25) is 0 Å². The van der Waals surface area contributed by atoms with Crippen LogP contribution in [0, 0.1) is 24.2 Å². The van der Waals surface area contributed by atoms with Crippen molar-refractivity contribution < 1.29 is 4.79 Å². The second-order valence-electron chi connectivity index (χ2n) is 5.50. The third-order valence-corrected chi connectivity index (χ3v) is 3.78. The molecule has 1 aliphatic heterocycles. The molecule has 1 heterocycles. The van der Waals surface area contributed by atoms with Crippen LogP contribution in [0.3, 0.4) is 0 Å². The van der Waals surface area contributed by atoms with Crippen LogP contribution in [-0.4, -0.2) is 24.3 Å². The minimum atomic E-state index is -0.518. The standard InChI is InChI=1S/C15H17N5O/c1-9-2-3-10(15(21)19-12-4-5-12)6-13(9)20-14(17)11(7-16)8-18-20/h2-3,6,8,11-12,14H,4-5,17H2,1H3,(H,19,21). The smallest absolute Gasteiger partial charge is 0.251 e. The molecule has 0 radical (unpaired) electrons. The topological polar surface area (TPSA) is 94.5 Å². The maximum atomic E-state index is 12.1. The van der Waals surface area contributed by atoms with Gasteiger partial charge in [0.25, 0.3) is 5.91 Å². The number of hydrogen-bond donors (Lipinski definition) is 2. The quantitative estimate of drug-likeness (QED) is 0.869. The van der Waals surface area contributed by atoms with Crippen molar-refractivity contribution in [2.24, 2.45) is 16.8 Å². The molecule has 0 aromatic heterocycles. The summed E-state index contributed by atoms with van der Waals surface area (Å²) in [6, 6.07) is 7.88. The van der Waals surface area contributed by atoms with Gasteiger partial charge in [-0.25, -0.2) is 5.01 Å². The molecule has 1 aromatic rings. The molecular weight excluding hydrogens is 266 g/mol. The van der Waals surface area contributed by atoms with E-state index in [-0.39, 0.29) is 5.91 Å². The first kappa shape index (κ1) is 13.6. The Hall–Kier alpha value is -2.39. The predicted octanol–water partition coefficient (Wildman–Crippen LogP) is 1.12. The number of aryl methyl sites for hydroxylation is 1. The van der Waals surface area contributed by atoms with Crippen LogP contribution >= 0.6 is 0 Å². The van der Waals surface area contributed by atoms with E-state index >= 15 is 0 Å². The minimum Gasteiger partial charge on any atom is -0.349 e. The van der Waals surface area contributed by atoms with Gasteiger partial charge in [0.15, 0.2) is 0 Å². The average molecular weight is 283 g/mol. The lowest BCUT2D eigenvalue weighted by Crippen LogP contribution is -2.40. The molecule has 6 nitrogen and oxygen atoms in total. The van der Waals surface area contributed by atoms with Gasteiger partial charge in [0.2, 0.25) is 0 Å². The Labute approximate surface area is 123 Å². The highest BCUT2D eigenvalue weighted by molar-refractivity contribution is 5.96. The van der Waals surface area contributed by atoms with Gasteiger partial charge < -0.3 is 11.1 Å². The fourth-order valence-corrected chi connectivity index (χ4v) is 2.29. The first-order chi connectivity index (χ1) is 10.1. The Morgan fingerprint density at radius 2 is 2.29 bits per heavy atom. The summed E-state index contributed by atoms with van der Waals surface area (Å²) in [6.07, 6.45) is 3.13. The summed E-state index contributed by atoms with van der Waals surface area (Å²) in [5, 5.41) is 17.8. The number of nitriles is 1. The van der Waals surface area contributed by atoms with Crippen LogP contribution in [0.5, 0.6) is 0 Å². The Morgan fingerprint density at radius 1 is 1.52 bits per heavy atom. The lowest BCUT2D eigenvalue weighted by Gasteiger charge is -2.23. The zero-order valence-corrected chi connectivity index (χ0v) is 11.8. The number of carbonyl (C=O) groups excluding carboxylic acids is 1. The number of rotatable bonds is 3. The average Bonchev–Trinajstić information content (AvgIpc) is 3.21. The number of amides is 1. The monoisotopic (exact) mass is 283 g/mol. The van der Waals surface area contributed by atoms with Gasteiger partial charge in [0, 0.05) is 17.8 Å². The van der Waals surface area contributed by atoms with Crippen molar-refractivity contribution in [3.8, 4) is 6.07 Å². The molecule has 1 amide bonds. The van der Waals surface area contributed by atoms with Crippen molar-refractivity contribution in [1.29, 1.82) is 5.26 Å². The summed E-state index contributed by atoms with van der Waals surface area (Å²) in [5.74, 6) is -0.513. The third-order valence-electron chi connectivity index (χ3n) is 3.78. The maximum Gasteiger partial charge on any atom is 0.251 e. The second-order valence-corrected chi connectivity index (χ2v) is 5.50. The zero-order valence-electron chi connectivity index (χ0n) is 11.8. The lowest BCUT2D eigenvalue weighted by molar-refractivity contribution is 0.0951. The molecule has 2 atom stereocenters. The largest absolute Gasteiger partial charge is 0.349 e. The van der Waals surface area contributed by atoms with E-state index < -0.39 is 12.1 Å². The van der Waals surface area contributed by atoms with E-state index in [0.29, 0.717) is 11.6 Å². The summed E-state index contributed by atoms with van der Waals surface area (Å²) in [7, 11) is 0. The number of anilines is 1. The molecule has 3 N–H and O–H groups in total. The summed E-state index contributed by atoms with van der Waals surface area (Å²) in [4.78, 5) is 12.1. The molecular formula is C15H17N5O. The summed E-state index contributed by atoms with van der Waals surface area (Å²) < 4.78 is 0. The van der Waals surface area contributed by atoms with Crippen molar-refractivity contribution in [2.75, 3.05) is 5.01 Å². The molecule has 2 aliphatic rings. The van der Waals surface area contributed by atoms with Crippen molar-refractivity contribution in [2.45, 2.75) is 32.0 Å². The number of hydrazone groups is 1. The molecule has 6 heteroatoms. The van der Waals surface area contributed by atoms with Gasteiger partial charge in [0.1, 0.15) is 12.1 Å². The van der Waals surface area contributed by atoms with E-state index in [2.05, 4.69) is 16.5 Å².